The molecule has 30 heavy (non-hydrogen) atoms. The van der Waals surface area contributed by atoms with Gasteiger partial charge in [-0.15, -0.1) is 0 Å². The van der Waals surface area contributed by atoms with E-state index in [1.807, 2.05) is 54.6 Å². The van der Waals surface area contributed by atoms with Crippen LogP contribution in [0.5, 0.6) is 0 Å². The van der Waals surface area contributed by atoms with Gasteiger partial charge >= 0.3 is 7.60 Å². The second-order valence-corrected chi connectivity index (χ2v) is 9.66. The van der Waals surface area contributed by atoms with Crippen molar-refractivity contribution in [1.29, 1.82) is 0 Å². The van der Waals surface area contributed by atoms with Crippen molar-refractivity contribution in [1.82, 2.24) is 5.06 Å². The van der Waals surface area contributed by atoms with Crippen LogP contribution in [0.15, 0.2) is 59.1 Å². The van der Waals surface area contributed by atoms with E-state index in [1.165, 1.54) is 12.0 Å². The first-order chi connectivity index (χ1) is 14.4. The molecule has 1 amide bonds. The summed E-state index contributed by atoms with van der Waals surface area (Å²) in [5.41, 5.74) is 1.23. The molecule has 0 aliphatic carbocycles. The van der Waals surface area contributed by atoms with Gasteiger partial charge < -0.3 is 9.05 Å². The molecule has 1 unspecified atom stereocenters. The van der Waals surface area contributed by atoms with Crippen LogP contribution in [0.1, 0.15) is 44.0 Å². The van der Waals surface area contributed by atoms with E-state index in [-0.39, 0.29) is 32.3 Å². The van der Waals surface area contributed by atoms with Gasteiger partial charge in [0, 0.05) is 17.9 Å². The SMILES string of the molecule is CCOP(=O)(OCC)C(CCN(OCc1ccccc1)C(C)=O)c1ccccc1Br. The number of rotatable bonds is 12. The van der Waals surface area contributed by atoms with Gasteiger partial charge in [0.15, 0.2) is 0 Å². The van der Waals surface area contributed by atoms with Crippen LogP contribution in [0.25, 0.3) is 0 Å². The molecule has 8 heteroatoms. The van der Waals surface area contributed by atoms with Crippen molar-refractivity contribution in [2.45, 2.75) is 39.5 Å². The van der Waals surface area contributed by atoms with E-state index >= 15 is 0 Å². The van der Waals surface area contributed by atoms with Crippen molar-refractivity contribution < 1.29 is 23.2 Å². The number of carbonyl (C=O) groups excluding carboxylic acids is 1. The van der Waals surface area contributed by atoms with E-state index < -0.39 is 13.3 Å². The average molecular weight is 498 g/mol. The van der Waals surface area contributed by atoms with Crippen molar-refractivity contribution in [2.24, 2.45) is 0 Å². The van der Waals surface area contributed by atoms with Crippen LogP contribution in [0, 0.1) is 0 Å². The summed E-state index contributed by atoms with van der Waals surface area (Å²) in [5, 5.41) is 1.30. The highest BCUT2D eigenvalue weighted by Crippen LogP contribution is 2.63. The summed E-state index contributed by atoms with van der Waals surface area (Å²) in [5.74, 6) is -0.223. The van der Waals surface area contributed by atoms with Crippen molar-refractivity contribution in [2.75, 3.05) is 19.8 Å². The minimum absolute atomic E-state index is 0.223. The van der Waals surface area contributed by atoms with E-state index in [4.69, 9.17) is 13.9 Å². The van der Waals surface area contributed by atoms with Crippen molar-refractivity contribution in [3.63, 3.8) is 0 Å². The van der Waals surface area contributed by atoms with E-state index in [1.54, 1.807) is 13.8 Å². The zero-order valence-electron chi connectivity index (χ0n) is 17.6. The van der Waals surface area contributed by atoms with Crippen LogP contribution >= 0.6 is 23.5 Å². The smallest absolute Gasteiger partial charge is 0.308 e. The molecule has 0 radical (unpaired) electrons. The third kappa shape index (κ3) is 7.03. The summed E-state index contributed by atoms with van der Waals surface area (Å²) < 4.78 is 25.7. The van der Waals surface area contributed by atoms with Gasteiger partial charge in [0.25, 0.3) is 0 Å². The predicted molar refractivity (Wildman–Crippen MR) is 121 cm³/mol. The van der Waals surface area contributed by atoms with Gasteiger partial charge in [0.2, 0.25) is 5.91 Å². The molecule has 2 rings (SSSR count). The quantitative estimate of drug-likeness (QED) is 0.260. The lowest BCUT2D eigenvalue weighted by Crippen LogP contribution is -2.31. The Kier molecular flexibility index (Phi) is 10.2. The third-order valence-corrected chi connectivity index (χ3v) is 7.71. The van der Waals surface area contributed by atoms with Crippen LogP contribution in [-0.2, 0) is 29.9 Å². The van der Waals surface area contributed by atoms with Crippen LogP contribution in [0.3, 0.4) is 0 Å². The highest BCUT2D eigenvalue weighted by molar-refractivity contribution is 9.10. The van der Waals surface area contributed by atoms with E-state index in [2.05, 4.69) is 15.9 Å². The zero-order valence-corrected chi connectivity index (χ0v) is 20.1. The normalized spacial score (nSPS) is 12.5. The molecule has 0 bridgehead atoms. The average Bonchev–Trinajstić information content (AvgIpc) is 2.72. The van der Waals surface area contributed by atoms with Gasteiger partial charge in [-0.3, -0.25) is 14.2 Å². The zero-order chi connectivity index (χ0) is 22.0. The molecule has 164 valence electrons. The highest BCUT2D eigenvalue weighted by atomic mass is 79.9. The first-order valence-electron chi connectivity index (χ1n) is 9.99. The molecule has 0 aromatic heterocycles. The summed E-state index contributed by atoms with van der Waals surface area (Å²) in [7, 11) is -3.47. The Labute approximate surface area is 187 Å². The molecule has 2 aromatic carbocycles. The molecule has 2 aromatic rings. The molecule has 6 nitrogen and oxygen atoms in total. The second kappa shape index (κ2) is 12.4. The van der Waals surface area contributed by atoms with Crippen LogP contribution < -0.4 is 0 Å². The maximum absolute atomic E-state index is 13.6. The topological polar surface area (TPSA) is 65.1 Å². The van der Waals surface area contributed by atoms with Gasteiger partial charge in [-0.2, -0.15) is 0 Å². The Morgan fingerprint density at radius 3 is 2.20 bits per heavy atom. The fourth-order valence-corrected chi connectivity index (χ4v) is 5.98. The number of carbonyl (C=O) groups is 1. The standard InChI is InChI=1S/C22H29BrNO5P/c1-4-28-30(26,29-5-2)22(20-13-9-10-14-21(20)23)15-16-24(18(3)25)27-17-19-11-7-6-8-12-19/h6-14,22H,4-5,15-17H2,1-3H3. The number of halogens is 1. The number of benzene rings is 2. The van der Waals surface area contributed by atoms with Crippen molar-refractivity contribution >= 4 is 29.4 Å². The van der Waals surface area contributed by atoms with Crippen LogP contribution in [-0.4, -0.2) is 30.7 Å². The fraction of sp³-hybridized carbons (Fsp3) is 0.409. The van der Waals surface area contributed by atoms with E-state index in [0.29, 0.717) is 6.42 Å². The molecule has 0 aliphatic heterocycles. The van der Waals surface area contributed by atoms with Crippen LogP contribution in [0.2, 0.25) is 0 Å². The molecule has 0 saturated carbocycles. The Bertz CT molecular complexity index is 838. The Balaban J connectivity index is 2.22. The number of hydrogen-bond donors (Lipinski definition) is 0. The molecule has 0 spiro atoms. The Hall–Kier alpha value is -1.50. The van der Waals surface area contributed by atoms with Crippen molar-refractivity contribution in [3.8, 4) is 0 Å². The Morgan fingerprint density at radius 2 is 1.63 bits per heavy atom. The second-order valence-electron chi connectivity index (χ2n) is 6.58. The molecule has 0 N–H and O–H groups in total. The van der Waals surface area contributed by atoms with Crippen molar-refractivity contribution in [3.05, 3.63) is 70.2 Å². The van der Waals surface area contributed by atoms with E-state index in [0.717, 1.165) is 15.6 Å². The molecular weight excluding hydrogens is 469 g/mol. The van der Waals surface area contributed by atoms with Gasteiger partial charge in [-0.25, -0.2) is 5.06 Å². The molecule has 0 saturated heterocycles. The lowest BCUT2D eigenvalue weighted by molar-refractivity contribution is -0.189. The summed E-state index contributed by atoms with van der Waals surface area (Å²) >= 11 is 3.54. The summed E-state index contributed by atoms with van der Waals surface area (Å²) in [6.45, 7) is 6.07. The number of hydroxylamine groups is 2. The molecule has 0 fully saturated rings. The molecular formula is C22H29BrNO5P. The highest BCUT2D eigenvalue weighted by Gasteiger charge is 2.38. The first kappa shape index (κ1) is 24.8. The van der Waals surface area contributed by atoms with Gasteiger partial charge in [0.1, 0.15) is 6.61 Å². The van der Waals surface area contributed by atoms with E-state index in [9.17, 15) is 9.36 Å². The van der Waals surface area contributed by atoms with Crippen LogP contribution in [0.4, 0.5) is 0 Å². The minimum atomic E-state index is -3.47. The predicted octanol–water partition coefficient (Wildman–Crippen LogP) is 6.13. The van der Waals surface area contributed by atoms with Gasteiger partial charge in [-0.05, 0) is 37.5 Å². The third-order valence-electron chi connectivity index (χ3n) is 4.45. The lowest BCUT2D eigenvalue weighted by Gasteiger charge is -2.29. The Morgan fingerprint density at radius 1 is 1.03 bits per heavy atom. The van der Waals surface area contributed by atoms with Gasteiger partial charge in [0.05, 0.1) is 18.9 Å². The largest absolute Gasteiger partial charge is 0.338 e. The fourth-order valence-electron chi connectivity index (χ4n) is 3.09. The number of amides is 1. The monoisotopic (exact) mass is 497 g/mol. The summed E-state index contributed by atoms with van der Waals surface area (Å²) in [6.07, 6.45) is 0.355. The molecule has 0 heterocycles. The molecule has 1 atom stereocenters. The maximum atomic E-state index is 13.6. The number of hydrogen-bond acceptors (Lipinski definition) is 5. The van der Waals surface area contributed by atoms with Gasteiger partial charge in [-0.1, -0.05) is 64.5 Å². The summed E-state index contributed by atoms with van der Waals surface area (Å²) in [6, 6.07) is 17.2. The minimum Gasteiger partial charge on any atom is -0.308 e. The maximum Gasteiger partial charge on any atom is 0.338 e. The lowest BCUT2D eigenvalue weighted by atomic mass is 10.1. The first-order valence-corrected chi connectivity index (χ1v) is 12.4. The molecule has 0 aliphatic rings. The number of nitrogens with zero attached hydrogens (tertiary/aromatic N) is 1. The summed E-state index contributed by atoms with van der Waals surface area (Å²) in [4.78, 5) is 17.9.